The van der Waals surface area contributed by atoms with Gasteiger partial charge in [0.05, 0.1) is 23.1 Å². The lowest BCUT2D eigenvalue weighted by Crippen LogP contribution is -2.26. The normalized spacial score (nSPS) is 13.5. The summed E-state index contributed by atoms with van der Waals surface area (Å²) in [5.74, 6) is 0. The molecule has 0 saturated heterocycles. The number of hydrogen-bond acceptors (Lipinski definition) is 3. The topological polar surface area (TPSA) is 47.3 Å². The molecule has 0 saturated carbocycles. The van der Waals surface area contributed by atoms with Gasteiger partial charge in [-0.3, -0.25) is 0 Å². The molecule has 0 radical (unpaired) electrons. The Morgan fingerprint density at radius 1 is 1.26 bits per heavy atom. The Morgan fingerprint density at radius 2 is 1.95 bits per heavy atom. The van der Waals surface area contributed by atoms with Crippen molar-refractivity contribution in [2.75, 3.05) is 7.11 Å². The fourth-order valence-corrected chi connectivity index (χ4v) is 2.00. The van der Waals surface area contributed by atoms with Crippen LogP contribution < -0.4 is 0 Å². The molecule has 0 fully saturated rings. The lowest BCUT2D eigenvalue weighted by molar-refractivity contribution is -0.0215. The van der Waals surface area contributed by atoms with E-state index in [1.807, 2.05) is 50.2 Å². The van der Waals surface area contributed by atoms with Crippen molar-refractivity contribution in [3.63, 3.8) is 0 Å². The first kappa shape index (κ1) is 13.8. The van der Waals surface area contributed by atoms with Crippen LogP contribution >= 0.6 is 0 Å². The molecule has 0 aliphatic rings. The summed E-state index contributed by atoms with van der Waals surface area (Å²) in [6.45, 7) is 3.92. The van der Waals surface area contributed by atoms with E-state index in [9.17, 15) is 5.11 Å². The summed E-state index contributed by atoms with van der Waals surface area (Å²) in [6, 6.07) is 11.6. The van der Waals surface area contributed by atoms with E-state index in [1.54, 1.807) is 18.0 Å². The van der Waals surface area contributed by atoms with Gasteiger partial charge in [-0.2, -0.15) is 5.10 Å². The molecule has 0 aliphatic carbocycles. The molecule has 2 rings (SSSR count). The zero-order chi connectivity index (χ0) is 13.9. The summed E-state index contributed by atoms with van der Waals surface area (Å²) < 4.78 is 7.12. The Bertz CT molecular complexity index is 520. The highest BCUT2D eigenvalue weighted by atomic mass is 16.5. The lowest BCUT2D eigenvalue weighted by atomic mass is 9.99. The highest BCUT2D eigenvalue weighted by molar-refractivity contribution is 5.32. The van der Waals surface area contributed by atoms with E-state index in [1.165, 1.54) is 0 Å². The largest absolute Gasteiger partial charge is 0.387 e. The Balaban J connectivity index is 2.25. The summed E-state index contributed by atoms with van der Waals surface area (Å²) in [5.41, 5.74) is 1.35. The van der Waals surface area contributed by atoms with Gasteiger partial charge < -0.3 is 9.84 Å². The van der Waals surface area contributed by atoms with Crippen LogP contribution in [0.3, 0.4) is 0 Å². The van der Waals surface area contributed by atoms with Crippen molar-refractivity contribution in [3.8, 4) is 5.69 Å². The minimum Gasteiger partial charge on any atom is -0.387 e. The second kappa shape index (κ2) is 5.55. The number of ether oxygens (including phenoxy) is 1. The van der Waals surface area contributed by atoms with E-state index in [0.29, 0.717) is 6.42 Å². The number of benzene rings is 1. The van der Waals surface area contributed by atoms with Crippen LogP contribution in [0.1, 0.15) is 32.1 Å². The molecule has 4 heteroatoms. The average Bonchev–Trinajstić information content (AvgIpc) is 2.88. The second-order valence-electron chi connectivity index (χ2n) is 5.19. The third kappa shape index (κ3) is 3.22. The van der Waals surface area contributed by atoms with Gasteiger partial charge in [-0.05, 0) is 32.0 Å². The molecule has 1 aromatic heterocycles. The van der Waals surface area contributed by atoms with Crippen molar-refractivity contribution >= 4 is 0 Å². The number of hydrogen-bond donors (Lipinski definition) is 1. The first-order chi connectivity index (χ1) is 9.03. The molecule has 1 unspecified atom stereocenters. The van der Waals surface area contributed by atoms with Crippen LogP contribution in [-0.2, 0) is 4.74 Å². The van der Waals surface area contributed by atoms with Crippen LogP contribution in [-0.4, -0.2) is 27.6 Å². The maximum atomic E-state index is 10.4. The Morgan fingerprint density at radius 3 is 2.58 bits per heavy atom. The van der Waals surface area contributed by atoms with Gasteiger partial charge in [0.15, 0.2) is 0 Å². The molecule has 2 aromatic rings. The zero-order valence-electron chi connectivity index (χ0n) is 11.6. The van der Waals surface area contributed by atoms with Crippen LogP contribution in [0.2, 0.25) is 0 Å². The van der Waals surface area contributed by atoms with Crippen molar-refractivity contribution in [2.45, 2.75) is 32.0 Å². The summed E-state index contributed by atoms with van der Waals surface area (Å²) in [4.78, 5) is 0. The molecular formula is C15H20N2O2. The van der Waals surface area contributed by atoms with Gasteiger partial charge in [-0.15, -0.1) is 0 Å². The van der Waals surface area contributed by atoms with Gasteiger partial charge in [0.2, 0.25) is 0 Å². The molecule has 0 bridgehead atoms. The van der Waals surface area contributed by atoms with E-state index in [-0.39, 0.29) is 5.60 Å². The number of aliphatic hydroxyl groups excluding tert-OH is 1. The molecule has 1 atom stereocenters. The summed E-state index contributed by atoms with van der Waals surface area (Å²) >= 11 is 0. The molecule has 4 nitrogen and oxygen atoms in total. The standard InChI is InChI=1S/C15H20N2O2/c1-15(2,19-3)11-14(18)13-9-10-16-17(13)12-7-5-4-6-8-12/h4-10,14,18H,11H2,1-3H3. The van der Waals surface area contributed by atoms with Crippen molar-refractivity contribution in [2.24, 2.45) is 0 Å². The third-order valence-corrected chi connectivity index (χ3v) is 3.25. The van der Waals surface area contributed by atoms with E-state index in [0.717, 1.165) is 11.4 Å². The first-order valence-corrected chi connectivity index (χ1v) is 6.36. The number of rotatable bonds is 5. The monoisotopic (exact) mass is 260 g/mol. The van der Waals surface area contributed by atoms with Gasteiger partial charge in [-0.25, -0.2) is 4.68 Å². The Hall–Kier alpha value is -1.65. The van der Waals surface area contributed by atoms with Crippen LogP contribution in [0.4, 0.5) is 0 Å². The van der Waals surface area contributed by atoms with Crippen molar-refractivity contribution < 1.29 is 9.84 Å². The number of aliphatic hydroxyl groups is 1. The lowest BCUT2D eigenvalue weighted by Gasteiger charge is -2.26. The van der Waals surface area contributed by atoms with Crippen molar-refractivity contribution in [3.05, 3.63) is 48.3 Å². The molecular weight excluding hydrogens is 240 g/mol. The van der Waals surface area contributed by atoms with E-state index in [4.69, 9.17) is 4.74 Å². The predicted molar refractivity (Wildman–Crippen MR) is 74.2 cm³/mol. The molecule has 1 heterocycles. The number of aromatic nitrogens is 2. The average molecular weight is 260 g/mol. The van der Waals surface area contributed by atoms with E-state index < -0.39 is 6.10 Å². The summed E-state index contributed by atoms with van der Waals surface area (Å²) in [6.07, 6.45) is 1.60. The predicted octanol–water partition coefficient (Wildman–Crippen LogP) is 2.72. The van der Waals surface area contributed by atoms with Crippen molar-refractivity contribution in [1.29, 1.82) is 0 Å². The molecule has 0 amide bonds. The van der Waals surface area contributed by atoms with Crippen LogP contribution in [0.15, 0.2) is 42.6 Å². The number of para-hydroxylation sites is 1. The van der Waals surface area contributed by atoms with Crippen LogP contribution in [0.5, 0.6) is 0 Å². The fourth-order valence-electron chi connectivity index (χ4n) is 2.00. The van der Waals surface area contributed by atoms with Crippen LogP contribution in [0.25, 0.3) is 5.69 Å². The smallest absolute Gasteiger partial charge is 0.0988 e. The van der Waals surface area contributed by atoms with Crippen LogP contribution in [0, 0.1) is 0 Å². The molecule has 102 valence electrons. The SMILES string of the molecule is COC(C)(C)CC(O)c1ccnn1-c1ccccc1. The van der Waals surface area contributed by atoms with Gasteiger partial charge >= 0.3 is 0 Å². The highest BCUT2D eigenvalue weighted by Crippen LogP contribution is 2.26. The molecule has 19 heavy (non-hydrogen) atoms. The highest BCUT2D eigenvalue weighted by Gasteiger charge is 2.24. The third-order valence-electron chi connectivity index (χ3n) is 3.25. The fraction of sp³-hybridized carbons (Fsp3) is 0.400. The first-order valence-electron chi connectivity index (χ1n) is 6.36. The minimum atomic E-state index is -0.613. The Kier molecular flexibility index (Phi) is 4.02. The van der Waals surface area contributed by atoms with Gasteiger partial charge in [0.1, 0.15) is 0 Å². The molecule has 0 spiro atoms. The number of nitrogens with zero attached hydrogens (tertiary/aromatic N) is 2. The zero-order valence-corrected chi connectivity index (χ0v) is 11.6. The van der Waals surface area contributed by atoms with Crippen molar-refractivity contribution in [1.82, 2.24) is 9.78 Å². The number of methoxy groups -OCH3 is 1. The quantitative estimate of drug-likeness (QED) is 0.899. The van der Waals surface area contributed by atoms with Gasteiger partial charge in [-0.1, -0.05) is 18.2 Å². The summed E-state index contributed by atoms with van der Waals surface area (Å²) in [5, 5.41) is 14.7. The van der Waals surface area contributed by atoms with Gasteiger partial charge in [0, 0.05) is 19.7 Å². The molecule has 0 aliphatic heterocycles. The maximum absolute atomic E-state index is 10.4. The maximum Gasteiger partial charge on any atom is 0.0988 e. The molecule has 1 N–H and O–H groups in total. The van der Waals surface area contributed by atoms with E-state index >= 15 is 0 Å². The second-order valence-corrected chi connectivity index (χ2v) is 5.19. The van der Waals surface area contributed by atoms with Gasteiger partial charge in [0.25, 0.3) is 0 Å². The Labute approximate surface area is 113 Å². The summed E-state index contributed by atoms with van der Waals surface area (Å²) in [7, 11) is 1.65. The minimum absolute atomic E-state index is 0.370. The van der Waals surface area contributed by atoms with E-state index in [2.05, 4.69) is 5.10 Å². The molecule has 1 aromatic carbocycles.